The molecule has 0 spiro atoms. The maximum absolute atomic E-state index is 12.4. The van der Waals surface area contributed by atoms with Gasteiger partial charge in [0.05, 0.1) is 25.5 Å². The molecule has 0 saturated carbocycles. The topological polar surface area (TPSA) is 66.9 Å². The van der Waals surface area contributed by atoms with Crippen LogP contribution in [0.2, 0.25) is 0 Å². The molecule has 30 heavy (non-hydrogen) atoms. The summed E-state index contributed by atoms with van der Waals surface area (Å²) in [6.07, 6.45) is 0.661. The van der Waals surface area contributed by atoms with E-state index in [1.807, 2.05) is 29.6 Å². The van der Waals surface area contributed by atoms with Crippen molar-refractivity contribution in [2.75, 3.05) is 56.2 Å². The largest absolute Gasteiger partial charge is 0.378 e. The molecule has 2 aliphatic heterocycles. The summed E-state index contributed by atoms with van der Waals surface area (Å²) in [6, 6.07) is 7.31. The Hall–Kier alpha value is -2.30. The molecule has 3 heterocycles. The lowest BCUT2D eigenvalue weighted by molar-refractivity contribution is -0.136. The van der Waals surface area contributed by atoms with Crippen molar-refractivity contribution >= 4 is 28.2 Å². The number of aromatic nitrogens is 1. The minimum absolute atomic E-state index is 0.0315. The summed E-state index contributed by atoms with van der Waals surface area (Å²) >= 11 is 1.61. The zero-order chi connectivity index (χ0) is 20.9. The lowest BCUT2D eigenvalue weighted by Crippen LogP contribution is -2.36. The van der Waals surface area contributed by atoms with E-state index in [2.05, 4.69) is 15.0 Å². The zero-order valence-corrected chi connectivity index (χ0v) is 17.2. The summed E-state index contributed by atoms with van der Waals surface area (Å²) in [4.78, 5) is 21.0. The van der Waals surface area contributed by atoms with Crippen LogP contribution in [0.4, 0.5) is 24.4 Å². The first-order chi connectivity index (χ1) is 14.6. The number of morpholine rings is 1. The Morgan fingerprint density at radius 2 is 2.03 bits per heavy atom. The number of benzene rings is 1. The standard InChI is InChI=1S/C20H24F2N4O3S/c21-18(22)29-12-14-5-6-26(11-14)19(27)23-16-3-1-15(2-4-16)17-13-30-20(24-17)25-7-9-28-10-8-25/h1-4,13-14,18H,5-12H2,(H,23,27). The number of nitrogens with one attached hydrogen (secondary N) is 1. The number of amides is 2. The third-order valence-electron chi connectivity index (χ3n) is 5.24. The number of hydrogen-bond donors (Lipinski definition) is 1. The summed E-state index contributed by atoms with van der Waals surface area (Å²) in [5.74, 6) is -0.0579. The number of carbonyl (C=O) groups excluding carboxylic acids is 1. The Balaban J connectivity index is 1.31. The van der Waals surface area contributed by atoms with Crippen molar-refractivity contribution in [3.05, 3.63) is 29.6 Å². The van der Waals surface area contributed by atoms with E-state index in [1.165, 1.54) is 0 Å². The number of likely N-dealkylation sites (tertiary alicyclic amines) is 1. The van der Waals surface area contributed by atoms with Crippen molar-refractivity contribution in [2.45, 2.75) is 13.0 Å². The molecule has 2 fully saturated rings. The molecule has 1 aromatic heterocycles. The van der Waals surface area contributed by atoms with Gasteiger partial charge in [-0.2, -0.15) is 8.78 Å². The van der Waals surface area contributed by atoms with Crippen LogP contribution in [-0.2, 0) is 9.47 Å². The maximum Gasteiger partial charge on any atom is 0.345 e. The van der Waals surface area contributed by atoms with Crippen molar-refractivity contribution in [3.63, 3.8) is 0 Å². The molecular formula is C20H24F2N4O3S. The van der Waals surface area contributed by atoms with Crippen LogP contribution in [-0.4, -0.2) is 68.5 Å². The number of thiazole rings is 1. The summed E-state index contributed by atoms with van der Waals surface area (Å²) in [5.41, 5.74) is 2.56. The number of carbonyl (C=O) groups is 1. The predicted molar refractivity (Wildman–Crippen MR) is 111 cm³/mol. The number of urea groups is 1. The molecule has 2 saturated heterocycles. The predicted octanol–water partition coefficient (Wildman–Crippen LogP) is 3.74. The van der Waals surface area contributed by atoms with E-state index < -0.39 is 6.61 Å². The van der Waals surface area contributed by atoms with Gasteiger partial charge in [-0.15, -0.1) is 11.3 Å². The van der Waals surface area contributed by atoms with Gasteiger partial charge in [-0.05, 0) is 18.6 Å². The normalized spacial score (nSPS) is 19.5. The third-order valence-corrected chi connectivity index (χ3v) is 6.14. The maximum atomic E-state index is 12.4. The van der Waals surface area contributed by atoms with Crippen LogP contribution in [0.5, 0.6) is 0 Å². The van der Waals surface area contributed by atoms with Crippen LogP contribution in [0.15, 0.2) is 29.6 Å². The zero-order valence-electron chi connectivity index (χ0n) is 16.4. The fourth-order valence-corrected chi connectivity index (χ4v) is 4.47. The first-order valence-electron chi connectivity index (χ1n) is 9.93. The Morgan fingerprint density at radius 1 is 1.27 bits per heavy atom. The highest BCUT2D eigenvalue weighted by Crippen LogP contribution is 2.29. The molecular weight excluding hydrogens is 414 g/mol. The van der Waals surface area contributed by atoms with Crippen molar-refractivity contribution in [2.24, 2.45) is 5.92 Å². The van der Waals surface area contributed by atoms with Gasteiger partial charge in [-0.25, -0.2) is 9.78 Å². The first-order valence-corrected chi connectivity index (χ1v) is 10.8. The lowest BCUT2D eigenvalue weighted by Gasteiger charge is -2.26. The van der Waals surface area contributed by atoms with Crippen molar-refractivity contribution < 1.29 is 23.0 Å². The van der Waals surface area contributed by atoms with E-state index in [9.17, 15) is 13.6 Å². The molecule has 162 valence electrons. The van der Waals surface area contributed by atoms with Crippen LogP contribution in [0.3, 0.4) is 0 Å². The van der Waals surface area contributed by atoms with Crippen molar-refractivity contribution in [1.29, 1.82) is 0 Å². The summed E-state index contributed by atoms with van der Waals surface area (Å²) in [6.45, 7) is 1.29. The van der Waals surface area contributed by atoms with E-state index in [4.69, 9.17) is 9.72 Å². The highest BCUT2D eigenvalue weighted by Gasteiger charge is 2.27. The van der Waals surface area contributed by atoms with Gasteiger partial charge in [0.1, 0.15) is 0 Å². The molecule has 0 radical (unpaired) electrons. The monoisotopic (exact) mass is 438 g/mol. The van der Waals surface area contributed by atoms with Crippen LogP contribution in [0.1, 0.15) is 6.42 Å². The molecule has 2 aliphatic rings. The van der Waals surface area contributed by atoms with Gasteiger partial charge in [0.25, 0.3) is 0 Å². The number of nitrogens with zero attached hydrogens (tertiary/aromatic N) is 3. The van der Waals surface area contributed by atoms with E-state index in [0.717, 1.165) is 42.7 Å². The van der Waals surface area contributed by atoms with Crippen LogP contribution >= 0.6 is 11.3 Å². The van der Waals surface area contributed by atoms with E-state index in [-0.39, 0.29) is 18.6 Å². The van der Waals surface area contributed by atoms with Gasteiger partial charge >= 0.3 is 12.6 Å². The SMILES string of the molecule is O=C(Nc1ccc(-c2csc(N3CCOCC3)n2)cc1)N1CCC(COC(F)F)C1. The fraction of sp³-hybridized carbons (Fsp3) is 0.500. The van der Waals surface area contributed by atoms with Crippen LogP contribution < -0.4 is 10.2 Å². The average Bonchev–Trinajstić information content (AvgIpc) is 3.44. The Morgan fingerprint density at radius 3 is 2.77 bits per heavy atom. The molecule has 2 aromatic rings. The van der Waals surface area contributed by atoms with Gasteiger partial charge < -0.3 is 24.6 Å². The number of hydrogen-bond acceptors (Lipinski definition) is 6. The second kappa shape index (κ2) is 9.67. The van der Waals surface area contributed by atoms with Gasteiger partial charge in [0, 0.05) is 48.7 Å². The number of halogens is 2. The number of rotatable bonds is 6. The Bertz CT molecular complexity index is 843. The van der Waals surface area contributed by atoms with E-state index in [1.54, 1.807) is 16.2 Å². The molecule has 2 amide bonds. The quantitative estimate of drug-likeness (QED) is 0.744. The van der Waals surface area contributed by atoms with E-state index >= 15 is 0 Å². The molecule has 10 heteroatoms. The summed E-state index contributed by atoms with van der Waals surface area (Å²) in [7, 11) is 0. The third kappa shape index (κ3) is 5.24. The summed E-state index contributed by atoms with van der Waals surface area (Å²) < 4.78 is 34.1. The minimum atomic E-state index is -2.77. The summed E-state index contributed by atoms with van der Waals surface area (Å²) in [5, 5.41) is 5.89. The van der Waals surface area contributed by atoms with Gasteiger partial charge in [-0.3, -0.25) is 0 Å². The Labute approximate surface area is 177 Å². The highest BCUT2D eigenvalue weighted by atomic mass is 32.1. The number of alkyl halides is 2. The molecule has 1 atom stereocenters. The van der Waals surface area contributed by atoms with Crippen LogP contribution in [0.25, 0.3) is 11.3 Å². The van der Waals surface area contributed by atoms with E-state index in [0.29, 0.717) is 25.2 Å². The van der Waals surface area contributed by atoms with Crippen molar-refractivity contribution in [3.8, 4) is 11.3 Å². The average molecular weight is 439 g/mol. The molecule has 1 aromatic carbocycles. The van der Waals surface area contributed by atoms with Crippen LogP contribution in [0, 0.1) is 5.92 Å². The number of ether oxygens (including phenoxy) is 2. The number of anilines is 2. The molecule has 4 rings (SSSR count). The first kappa shape index (κ1) is 21.0. The molecule has 0 aliphatic carbocycles. The second-order valence-corrected chi connectivity index (χ2v) is 8.15. The van der Waals surface area contributed by atoms with Gasteiger partial charge in [0.15, 0.2) is 5.13 Å². The van der Waals surface area contributed by atoms with Gasteiger partial charge in [0.2, 0.25) is 0 Å². The van der Waals surface area contributed by atoms with Crippen molar-refractivity contribution in [1.82, 2.24) is 9.88 Å². The van der Waals surface area contributed by atoms with Gasteiger partial charge in [-0.1, -0.05) is 12.1 Å². The molecule has 1 unspecified atom stereocenters. The lowest BCUT2D eigenvalue weighted by atomic mass is 10.1. The molecule has 0 bridgehead atoms. The smallest absolute Gasteiger partial charge is 0.345 e. The Kier molecular flexibility index (Phi) is 6.76. The molecule has 7 nitrogen and oxygen atoms in total. The fourth-order valence-electron chi connectivity index (χ4n) is 3.59. The second-order valence-electron chi connectivity index (χ2n) is 7.32. The highest BCUT2D eigenvalue weighted by molar-refractivity contribution is 7.14. The minimum Gasteiger partial charge on any atom is -0.378 e. The molecule has 1 N–H and O–H groups in total.